The van der Waals surface area contributed by atoms with Gasteiger partial charge in [-0.25, -0.2) is 4.98 Å². The van der Waals surface area contributed by atoms with Gasteiger partial charge in [0.15, 0.2) is 0 Å². The number of nitrogens with zero attached hydrogens (tertiary/aromatic N) is 3. The molecule has 1 N–H and O–H groups in total. The fraction of sp³-hybridized carbons (Fsp3) is 0.409. The zero-order valence-electron chi connectivity index (χ0n) is 17.0. The topological polar surface area (TPSA) is 76.6 Å². The van der Waals surface area contributed by atoms with Crippen LogP contribution < -0.4 is 14.8 Å². The van der Waals surface area contributed by atoms with Gasteiger partial charge in [0.25, 0.3) is 5.19 Å². The van der Waals surface area contributed by atoms with E-state index >= 15 is 0 Å². The first-order valence-corrected chi connectivity index (χ1v) is 11.1. The Morgan fingerprint density at radius 2 is 1.97 bits per heavy atom. The molecule has 0 saturated carbocycles. The lowest BCUT2D eigenvalue weighted by Gasteiger charge is -2.31. The van der Waals surface area contributed by atoms with Crippen LogP contribution in [0, 0.1) is 5.92 Å². The van der Waals surface area contributed by atoms with Crippen LogP contribution in [0.3, 0.4) is 0 Å². The fourth-order valence-corrected chi connectivity index (χ4v) is 4.30. The van der Waals surface area contributed by atoms with Gasteiger partial charge >= 0.3 is 0 Å². The van der Waals surface area contributed by atoms with Crippen LogP contribution in [-0.4, -0.2) is 53.6 Å². The quantitative estimate of drug-likeness (QED) is 0.592. The summed E-state index contributed by atoms with van der Waals surface area (Å²) >= 11 is 1.50. The van der Waals surface area contributed by atoms with E-state index in [1.54, 1.807) is 19.3 Å². The summed E-state index contributed by atoms with van der Waals surface area (Å²) in [6.45, 7) is 6.04. The summed E-state index contributed by atoms with van der Waals surface area (Å²) in [5.74, 6) is 2.21. The molecule has 1 aliphatic rings. The third kappa shape index (κ3) is 5.67. The number of hydrogen-bond donors (Lipinski definition) is 1. The Hall–Kier alpha value is -2.71. The smallest absolute Gasteiger partial charge is 0.279 e. The molecular weight excluding hydrogens is 400 g/mol. The number of benzene rings is 1. The van der Waals surface area contributed by atoms with Crippen LogP contribution >= 0.6 is 11.3 Å². The average Bonchev–Trinajstić information content (AvgIpc) is 3.17. The largest absolute Gasteiger partial charge is 0.492 e. The standard InChI is InChI=1S/C22H26N4O3S/c1-16(27)24-14-17-7-10-26(11-8-17)12-13-28-18-2-4-19(5-3-18)29-22-25-20-15-23-9-6-21(20)30-22/h2-6,9,15,17H,7-8,10-14H2,1H3,(H,24,27). The predicted molar refractivity (Wildman–Crippen MR) is 117 cm³/mol. The molecule has 7 nitrogen and oxygen atoms in total. The monoisotopic (exact) mass is 426 g/mol. The van der Waals surface area contributed by atoms with E-state index in [-0.39, 0.29) is 5.91 Å². The van der Waals surface area contributed by atoms with Crippen LogP contribution in [0.15, 0.2) is 42.7 Å². The van der Waals surface area contributed by atoms with Crippen molar-refractivity contribution in [3.05, 3.63) is 42.7 Å². The van der Waals surface area contributed by atoms with Crippen molar-refractivity contribution in [2.45, 2.75) is 19.8 Å². The molecule has 1 fully saturated rings. The Labute approximate surface area is 180 Å². The van der Waals surface area contributed by atoms with Gasteiger partial charge in [-0.1, -0.05) is 11.3 Å². The molecule has 3 heterocycles. The van der Waals surface area contributed by atoms with Crippen molar-refractivity contribution in [2.24, 2.45) is 5.92 Å². The van der Waals surface area contributed by atoms with Crippen molar-refractivity contribution in [3.63, 3.8) is 0 Å². The van der Waals surface area contributed by atoms with E-state index in [9.17, 15) is 4.79 Å². The first kappa shape index (κ1) is 20.6. The summed E-state index contributed by atoms with van der Waals surface area (Å²) in [6.07, 6.45) is 5.73. The second-order valence-electron chi connectivity index (χ2n) is 7.47. The molecule has 158 valence electrons. The average molecular weight is 427 g/mol. The molecule has 0 bridgehead atoms. The summed E-state index contributed by atoms with van der Waals surface area (Å²) in [7, 11) is 0. The molecule has 8 heteroatoms. The molecule has 0 radical (unpaired) electrons. The normalized spacial score (nSPS) is 15.2. The summed E-state index contributed by atoms with van der Waals surface area (Å²) in [6, 6.07) is 9.57. The summed E-state index contributed by atoms with van der Waals surface area (Å²) in [5, 5.41) is 3.53. The number of fused-ring (bicyclic) bond motifs is 1. The fourth-order valence-electron chi connectivity index (χ4n) is 3.50. The number of likely N-dealkylation sites (tertiary alicyclic amines) is 1. The highest BCUT2D eigenvalue weighted by Gasteiger charge is 2.19. The van der Waals surface area contributed by atoms with Crippen molar-refractivity contribution in [1.82, 2.24) is 20.2 Å². The molecule has 2 aromatic heterocycles. The highest BCUT2D eigenvalue weighted by molar-refractivity contribution is 7.20. The molecule has 1 aliphatic heterocycles. The van der Waals surface area contributed by atoms with E-state index in [0.717, 1.165) is 60.7 Å². The maximum Gasteiger partial charge on any atom is 0.279 e. The number of rotatable bonds is 8. The molecule has 3 aromatic rings. The maximum absolute atomic E-state index is 11.0. The molecular formula is C22H26N4O3S. The van der Waals surface area contributed by atoms with E-state index in [4.69, 9.17) is 9.47 Å². The van der Waals surface area contributed by atoms with Crippen molar-refractivity contribution < 1.29 is 14.3 Å². The van der Waals surface area contributed by atoms with Gasteiger partial charge in [-0.3, -0.25) is 14.7 Å². The molecule has 0 atom stereocenters. The Kier molecular flexibility index (Phi) is 6.76. The van der Waals surface area contributed by atoms with Gasteiger partial charge in [0.2, 0.25) is 5.91 Å². The Morgan fingerprint density at radius 3 is 2.70 bits per heavy atom. The van der Waals surface area contributed by atoms with E-state index in [2.05, 4.69) is 20.2 Å². The number of piperidine rings is 1. The highest BCUT2D eigenvalue weighted by Crippen LogP contribution is 2.31. The Balaban J connectivity index is 1.18. The number of pyridine rings is 1. The van der Waals surface area contributed by atoms with Crippen LogP contribution in [0.4, 0.5) is 0 Å². The van der Waals surface area contributed by atoms with Crippen molar-refractivity contribution in [1.29, 1.82) is 0 Å². The van der Waals surface area contributed by atoms with Crippen molar-refractivity contribution >= 4 is 27.5 Å². The summed E-state index contributed by atoms with van der Waals surface area (Å²) in [4.78, 5) is 22.0. The highest BCUT2D eigenvalue weighted by atomic mass is 32.1. The summed E-state index contributed by atoms with van der Waals surface area (Å²) in [5.41, 5.74) is 0.844. The van der Waals surface area contributed by atoms with Crippen LogP contribution in [0.1, 0.15) is 19.8 Å². The lowest BCUT2D eigenvalue weighted by atomic mass is 9.97. The minimum absolute atomic E-state index is 0.0552. The number of ether oxygens (including phenoxy) is 2. The zero-order valence-corrected chi connectivity index (χ0v) is 17.9. The third-order valence-corrected chi connectivity index (χ3v) is 6.14. The lowest BCUT2D eigenvalue weighted by Crippen LogP contribution is -2.39. The van der Waals surface area contributed by atoms with Crippen molar-refractivity contribution in [2.75, 3.05) is 32.8 Å². The van der Waals surface area contributed by atoms with E-state index < -0.39 is 0 Å². The lowest BCUT2D eigenvalue weighted by molar-refractivity contribution is -0.119. The van der Waals surface area contributed by atoms with Gasteiger partial charge in [-0.05, 0) is 62.2 Å². The number of amides is 1. The number of carbonyl (C=O) groups is 1. The van der Waals surface area contributed by atoms with Crippen LogP contribution in [-0.2, 0) is 4.79 Å². The Morgan fingerprint density at radius 1 is 1.20 bits per heavy atom. The number of aromatic nitrogens is 2. The van der Waals surface area contributed by atoms with Gasteiger partial charge in [0, 0.05) is 26.2 Å². The second-order valence-corrected chi connectivity index (χ2v) is 8.46. The maximum atomic E-state index is 11.0. The molecule has 1 aromatic carbocycles. The van der Waals surface area contributed by atoms with Crippen LogP contribution in [0.25, 0.3) is 10.2 Å². The van der Waals surface area contributed by atoms with Gasteiger partial charge in [0.05, 0.1) is 10.9 Å². The molecule has 0 spiro atoms. The van der Waals surface area contributed by atoms with Crippen LogP contribution in [0.5, 0.6) is 16.7 Å². The summed E-state index contributed by atoms with van der Waals surface area (Å²) < 4.78 is 12.8. The third-order valence-electron chi connectivity index (χ3n) is 5.22. The number of hydrogen-bond acceptors (Lipinski definition) is 7. The molecule has 30 heavy (non-hydrogen) atoms. The van der Waals surface area contributed by atoms with E-state index in [0.29, 0.717) is 17.7 Å². The number of nitrogens with one attached hydrogen (secondary N) is 1. The van der Waals surface area contributed by atoms with Gasteiger partial charge < -0.3 is 14.8 Å². The van der Waals surface area contributed by atoms with Gasteiger partial charge in [-0.15, -0.1) is 0 Å². The molecule has 1 amide bonds. The first-order chi connectivity index (χ1) is 14.7. The number of carbonyl (C=O) groups excluding carboxylic acids is 1. The first-order valence-electron chi connectivity index (χ1n) is 10.2. The van der Waals surface area contributed by atoms with Gasteiger partial charge in [-0.2, -0.15) is 0 Å². The number of thiazole rings is 1. The SMILES string of the molecule is CC(=O)NCC1CCN(CCOc2ccc(Oc3nc4cnccc4s3)cc2)CC1. The van der Waals surface area contributed by atoms with Crippen LogP contribution in [0.2, 0.25) is 0 Å². The van der Waals surface area contributed by atoms with Crippen molar-refractivity contribution in [3.8, 4) is 16.7 Å². The van der Waals surface area contributed by atoms with Gasteiger partial charge in [0.1, 0.15) is 23.6 Å². The molecule has 4 rings (SSSR count). The predicted octanol–water partition coefficient (Wildman–Crippen LogP) is 3.71. The molecule has 0 unspecified atom stereocenters. The minimum Gasteiger partial charge on any atom is -0.492 e. The molecule has 0 aliphatic carbocycles. The minimum atomic E-state index is 0.0552. The van der Waals surface area contributed by atoms with E-state index in [1.807, 2.05) is 30.3 Å². The zero-order chi connectivity index (χ0) is 20.8. The van der Waals surface area contributed by atoms with E-state index in [1.165, 1.54) is 11.3 Å². The Bertz CT molecular complexity index is 935. The molecule has 1 saturated heterocycles. The second kappa shape index (κ2) is 9.86.